The Hall–Kier alpha value is -9.72. The number of ketones is 1. The normalized spacial score (nSPS) is 17.5. The van der Waals surface area contributed by atoms with E-state index in [1.165, 1.54) is 71.0 Å². The van der Waals surface area contributed by atoms with Gasteiger partial charge in [0.05, 0.1) is 27.1 Å². The molecule has 2 aliphatic carbocycles. The van der Waals surface area contributed by atoms with Gasteiger partial charge < -0.3 is 20.1 Å². The molecule has 3 N–H and O–H groups in total. The minimum Gasteiger partial charge on any atom is -0.487 e. The number of aliphatic imine (C=N–C) groups is 3. The van der Waals surface area contributed by atoms with Gasteiger partial charge in [-0.3, -0.25) is 24.6 Å². The number of carboxylic acids is 3. The molecule has 14 rings (SSSR count). The van der Waals surface area contributed by atoms with Crippen molar-refractivity contribution in [1.29, 1.82) is 0 Å². The summed E-state index contributed by atoms with van der Waals surface area (Å²) in [5.74, 6) is -2.65. The summed E-state index contributed by atoms with van der Waals surface area (Å²) in [5.41, 5.74) is 10.8. The first-order valence-corrected chi connectivity index (χ1v) is 36.8. The summed E-state index contributed by atoms with van der Waals surface area (Å²) in [7, 11) is 0. The van der Waals surface area contributed by atoms with Crippen LogP contribution in [-0.2, 0) is 38.4 Å². The van der Waals surface area contributed by atoms with Crippen LogP contribution in [0.4, 0.5) is 18.9 Å². The Bertz CT molecular complexity index is 4640. The van der Waals surface area contributed by atoms with Crippen molar-refractivity contribution >= 4 is 117 Å². The van der Waals surface area contributed by atoms with E-state index < -0.39 is 40.2 Å². The Kier molecular flexibility index (Phi) is 23.4. The van der Waals surface area contributed by atoms with E-state index in [1.54, 1.807) is 41.7 Å². The van der Waals surface area contributed by atoms with Crippen LogP contribution >= 0.6 is 47.0 Å². The van der Waals surface area contributed by atoms with Gasteiger partial charge in [0, 0.05) is 53.5 Å². The molecule has 0 saturated heterocycles. The largest absolute Gasteiger partial charge is 0.487 e. The molecule has 0 aromatic heterocycles. The third-order valence-corrected chi connectivity index (χ3v) is 22.9. The predicted molar refractivity (Wildman–Crippen MR) is 404 cm³/mol. The average molecular weight is 1420 g/mol. The Morgan fingerprint density at radius 1 is 0.535 bits per heavy atom. The predicted octanol–water partition coefficient (Wildman–Crippen LogP) is 19.1. The van der Waals surface area contributed by atoms with Gasteiger partial charge in [-0.25, -0.2) is 22.8 Å². The minimum atomic E-state index is -1.22. The van der Waals surface area contributed by atoms with Gasteiger partial charge in [-0.1, -0.05) is 199 Å². The van der Waals surface area contributed by atoms with Gasteiger partial charge in [-0.05, 0) is 142 Å². The third-order valence-electron chi connectivity index (χ3n) is 17.7. The van der Waals surface area contributed by atoms with Gasteiger partial charge in [0.1, 0.15) is 34.9 Å². The maximum absolute atomic E-state index is 13.6. The highest BCUT2D eigenvalue weighted by Crippen LogP contribution is 2.44. The van der Waals surface area contributed by atoms with Crippen LogP contribution in [-0.4, -0.2) is 89.8 Å². The molecule has 0 amide bonds. The van der Waals surface area contributed by atoms with Gasteiger partial charge in [0.2, 0.25) is 0 Å². The summed E-state index contributed by atoms with van der Waals surface area (Å²) in [4.78, 5) is 64.6. The van der Waals surface area contributed by atoms with E-state index in [2.05, 4.69) is 40.3 Å². The molecule has 3 heterocycles. The zero-order chi connectivity index (χ0) is 70.3. The van der Waals surface area contributed by atoms with Gasteiger partial charge in [-0.2, -0.15) is 0 Å². The van der Waals surface area contributed by atoms with E-state index in [9.17, 15) is 47.7 Å². The Balaban J connectivity index is 0.000000143. The Morgan fingerprint density at radius 2 is 1.01 bits per heavy atom. The van der Waals surface area contributed by atoms with E-state index in [1.807, 2.05) is 170 Å². The van der Waals surface area contributed by atoms with Crippen molar-refractivity contribution in [1.82, 2.24) is 0 Å². The lowest BCUT2D eigenvalue weighted by Crippen LogP contribution is -2.37. The Morgan fingerprint density at radius 3 is 1.54 bits per heavy atom. The molecule has 9 aromatic carbocycles. The molecule has 0 bridgehead atoms. The quantitative estimate of drug-likeness (QED) is 0.0365. The lowest BCUT2D eigenvalue weighted by molar-refractivity contribution is -0.143. The number of fused-ring (bicyclic) bond motifs is 3. The molecule has 4 atom stereocenters. The number of rotatable bonds is 25. The highest BCUT2D eigenvalue weighted by Gasteiger charge is 2.46. The van der Waals surface area contributed by atoms with Crippen molar-refractivity contribution in [3.8, 4) is 5.75 Å². The summed E-state index contributed by atoms with van der Waals surface area (Å²) >= 11 is 6.16. The van der Waals surface area contributed by atoms with Crippen molar-refractivity contribution in [2.24, 2.45) is 20.9 Å². The Labute approximate surface area is 601 Å². The SMILES string of the molecule is O=C(C[C@H](CC1=Nc2ccc(F)cc2C1)C(=O)O)C(Sc1ccccc1)c1ccccc1.O=C(O)C1(CC2=Cc3ccc(F)cc3C2)CSC(COc2ccc(/C=C/c3ccccc3)cc2)=N1.O=C(O)C1(CC2=Cc3ccc(F)cc3C2)CSC(CSC(c2ccccc2)c2ccccc2)=N1. The molecule has 0 fully saturated rings. The van der Waals surface area contributed by atoms with E-state index in [4.69, 9.17) is 9.73 Å². The second-order valence-corrected chi connectivity index (χ2v) is 29.5. The lowest BCUT2D eigenvalue weighted by atomic mass is 9.92. The summed E-state index contributed by atoms with van der Waals surface area (Å²) < 4.78 is 46.5. The van der Waals surface area contributed by atoms with Crippen LogP contribution < -0.4 is 4.74 Å². The van der Waals surface area contributed by atoms with Crippen molar-refractivity contribution in [3.63, 3.8) is 0 Å². The van der Waals surface area contributed by atoms with Crippen molar-refractivity contribution in [2.75, 3.05) is 23.9 Å². The second kappa shape index (κ2) is 33.2. The van der Waals surface area contributed by atoms with Gasteiger partial charge in [0.25, 0.3) is 0 Å². The first-order chi connectivity index (χ1) is 49.0. The molecule has 9 aromatic rings. The fourth-order valence-electron chi connectivity index (χ4n) is 12.6. The molecule has 5 aliphatic rings. The zero-order valence-corrected chi connectivity index (χ0v) is 58.0. The van der Waals surface area contributed by atoms with Gasteiger partial charge >= 0.3 is 17.9 Å². The van der Waals surface area contributed by atoms with Gasteiger partial charge in [0.15, 0.2) is 16.9 Å². The summed E-state index contributed by atoms with van der Waals surface area (Å²) in [6.07, 6.45) is 10.3. The number of ether oxygens (including phenoxy) is 1. The number of carbonyl (C=O) groups is 4. The van der Waals surface area contributed by atoms with Crippen molar-refractivity contribution in [3.05, 3.63) is 315 Å². The molecule has 0 spiro atoms. The number of carboxylic acid groups (broad SMARTS) is 3. The standard InChI is InChI=1S/C29H24FNO3S.C28H24FNO2S2.C26H22FNO3S/c30-25-11-10-23-14-22(15-24(23)16-25)17-29(28(32)33)19-35-27(31-29)18-34-26-12-8-21(9-13-26)7-6-20-4-2-1-3-5-20;29-24-12-11-22-13-19(14-23(22)15-24)16-28(27(31)32)18-34-25(30-28)17-33-26(20-7-3-1-4-8-20)21-9-5-2-6-10-21;27-20-11-12-23-18(13-20)14-21(28-23)15-19(26(30)31)16-24(29)25(17-7-3-1-4-8-17)32-22-9-5-2-6-10-22/h1-14,16H,15,17-19H2,(H,32,33);1-13,15,26H,14,16-18H2,(H,31,32);1-13,19,25H,14-16H2,(H,30,31)/b7-6+;;/t;;19-,25?/m..0/s1. The topological polar surface area (TPSA) is 175 Å². The van der Waals surface area contributed by atoms with Gasteiger partial charge in [-0.15, -0.1) is 47.0 Å². The lowest BCUT2D eigenvalue weighted by Gasteiger charge is -2.21. The van der Waals surface area contributed by atoms with E-state index in [-0.39, 0.29) is 47.9 Å². The zero-order valence-electron chi connectivity index (χ0n) is 54.8. The highest BCUT2D eigenvalue weighted by molar-refractivity contribution is 8.16. The highest BCUT2D eigenvalue weighted by atomic mass is 32.2. The first-order valence-electron chi connectivity index (χ1n) is 32.9. The van der Waals surface area contributed by atoms with Crippen LogP contribution in [0.1, 0.15) is 91.8 Å². The molecule has 510 valence electrons. The number of nitrogens with zero attached hydrogens (tertiary/aromatic N) is 3. The van der Waals surface area contributed by atoms with Crippen LogP contribution in [0.25, 0.3) is 24.3 Å². The molecule has 3 aliphatic heterocycles. The molecule has 3 unspecified atom stereocenters. The van der Waals surface area contributed by atoms with E-state index in [0.29, 0.717) is 71.6 Å². The number of thioether (sulfide) groups is 4. The number of halogens is 3. The number of hydrogen-bond acceptors (Lipinski definition) is 12. The fourth-order valence-corrected chi connectivity index (χ4v) is 17.4. The smallest absolute Gasteiger partial charge is 0.332 e. The van der Waals surface area contributed by atoms with E-state index >= 15 is 0 Å². The van der Waals surface area contributed by atoms with Crippen LogP contribution in [0.2, 0.25) is 0 Å². The number of Topliss-reactive ketones (excluding diaryl/α,β-unsaturated/α-hetero) is 1. The number of carbonyl (C=O) groups excluding carboxylic acids is 1. The molecule has 0 saturated carbocycles. The maximum atomic E-state index is 13.6. The third kappa shape index (κ3) is 18.6. The van der Waals surface area contributed by atoms with E-state index in [0.717, 1.165) is 65.6 Å². The molecule has 0 radical (unpaired) electrons. The maximum Gasteiger partial charge on any atom is 0.332 e. The molecular weight excluding hydrogens is 1350 g/mol. The average Bonchev–Trinajstić information content (AvgIpc) is 1.65. The molecule has 101 heavy (non-hydrogen) atoms. The van der Waals surface area contributed by atoms with Crippen molar-refractivity contribution < 1.29 is 52.4 Å². The molecule has 11 nitrogen and oxygen atoms in total. The second-order valence-electron chi connectivity index (χ2n) is 25.1. The van der Waals surface area contributed by atoms with Crippen LogP contribution in [0, 0.1) is 23.4 Å². The summed E-state index contributed by atoms with van der Waals surface area (Å²) in [6, 6.07) is 71.4. The summed E-state index contributed by atoms with van der Waals surface area (Å²) in [6.45, 7) is 0.226. The minimum absolute atomic E-state index is 0.0988. The number of hydrogen-bond donors (Lipinski definition) is 3. The molecule has 18 heteroatoms. The molecular formula is C83H70F3N3O8S4. The number of benzene rings is 9. The van der Waals surface area contributed by atoms with Crippen LogP contribution in [0.5, 0.6) is 5.75 Å². The fraction of sp³-hybridized carbons (Fsp3) is 0.193. The first kappa shape index (κ1) is 71.1. The number of aliphatic carboxylic acids is 3. The summed E-state index contributed by atoms with van der Waals surface area (Å²) in [5, 5.41) is 31.1. The van der Waals surface area contributed by atoms with Crippen molar-refractivity contribution in [2.45, 2.75) is 71.4 Å². The van der Waals surface area contributed by atoms with Crippen LogP contribution in [0.15, 0.2) is 262 Å². The monoisotopic (exact) mass is 1420 g/mol. The van der Waals surface area contributed by atoms with Crippen LogP contribution in [0.3, 0.4) is 0 Å².